The fraction of sp³-hybridized carbons (Fsp3) is 0.714. The molecule has 0 saturated heterocycles. The number of hydrogen-bond donors (Lipinski definition) is 0. The number of rotatable bonds is 4. The lowest BCUT2D eigenvalue weighted by Gasteiger charge is -2.04. The third-order valence-electron chi connectivity index (χ3n) is 1.01. The van der Waals surface area contributed by atoms with Crippen LogP contribution in [-0.4, -0.2) is 31.4 Å². The van der Waals surface area contributed by atoms with Crippen molar-refractivity contribution in [3.8, 4) is 0 Å². The Hall–Kier alpha value is 0.280. The van der Waals surface area contributed by atoms with E-state index in [1.165, 1.54) is 0 Å². The Morgan fingerprint density at radius 1 is 1.50 bits per heavy atom. The topological polar surface area (TPSA) is 3.24 Å². The largest absolute Gasteiger partial charge is 0.306 e. The molecular weight excluding hydrogens is 169 g/mol. The quantitative estimate of drug-likeness (QED) is 0.603. The van der Waals surface area contributed by atoms with E-state index in [-0.39, 0.29) is 0 Å². The molecule has 0 heterocycles. The third kappa shape index (κ3) is 6.40. The normalized spacial score (nSPS) is 12.7. The summed E-state index contributed by atoms with van der Waals surface area (Å²) in [6, 6.07) is 0. The molecule has 0 N–H and O–H groups in total. The predicted molar refractivity (Wildman–Crippen MR) is 47.8 cm³/mol. The van der Waals surface area contributed by atoms with E-state index in [1.807, 2.05) is 20.2 Å². The molecule has 0 amide bonds. The van der Waals surface area contributed by atoms with Crippen LogP contribution in [0.4, 0.5) is 0 Å². The van der Waals surface area contributed by atoms with E-state index in [4.69, 9.17) is 23.2 Å². The molecule has 0 fully saturated rings. The van der Waals surface area contributed by atoms with Gasteiger partial charge in [0.1, 0.15) is 0 Å². The maximum absolute atomic E-state index is 5.78. The summed E-state index contributed by atoms with van der Waals surface area (Å²) in [6.45, 7) is 0.885. The van der Waals surface area contributed by atoms with E-state index in [0.717, 1.165) is 18.0 Å². The van der Waals surface area contributed by atoms with Crippen LogP contribution in [0.3, 0.4) is 0 Å². The molecule has 3 heteroatoms. The summed E-state index contributed by atoms with van der Waals surface area (Å²) in [5.41, 5.74) is 0. The Bertz CT molecular complexity index is 110. The molecule has 0 saturated carbocycles. The lowest BCUT2D eigenvalue weighted by molar-refractivity contribution is 0.456. The molecule has 0 aromatic carbocycles. The summed E-state index contributed by atoms with van der Waals surface area (Å²) >= 11 is 11.2. The molecule has 0 bridgehead atoms. The zero-order valence-electron chi connectivity index (χ0n) is 6.40. The van der Waals surface area contributed by atoms with Gasteiger partial charge in [-0.25, -0.2) is 0 Å². The van der Waals surface area contributed by atoms with Gasteiger partial charge in [-0.2, -0.15) is 0 Å². The molecule has 0 unspecified atom stereocenters. The number of alkyl halides is 1. The zero-order valence-corrected chi connectivity index (χ0v) is 7.91. The van der Waals surface area contributed by atoms with Crippen LogP contribution in [0.5, 0.6) is 0 Å². The van der Waals surface area contributed by atoms with E-state index < -0.39 is 0 Å². The van der Waals surface area contributed by atoms with Gasteiger partial charge in [-0.15, -0.1) is 11.6 Å². The Labute approximate surface area is 72.6 Å². The molecular formula is C7H13Cl2N. The first-order valence-electron chi connectivity index (χ1n) is 3.22. The summed E-state index contributed by atoms with van der Waals surface area (Å²) in [7, 11) is 4.00. The van der Waals surface area contributed by atoms with Crippen molar-refractivity contribution in [1.82, 2.24) is 4.90 Å². The van der Waals surface area contributed by atoms with Crippen LogP contribution >= 0.6 is 23.2 Å². The summed E-state index contributed by atoms with van der Waals surface area (Å²) in [4.78, 5) is 2.05. The highest BCUT2D eigenvalue weighted by molar-refractivity contribution is 6.30. The van der Waals surface area contributed by atoms with Crippen LogP contribution in [0.15, 0.2) is 11.1 Å². The molecule has 60 valence electrons. The third-order valence-corrected chi connectivity index (χ3v) is 1.54. The van der Waals surface area contributed by atoms with Crippen LogP contribution in [-0.2, 0) is 0 Å². The van der Waals surface area contributed by atoms with Crippen LogP contribution in [0.25, 0.3) is 0 Å². The molecule has 0 aliphatic heterocycles. The highest BCUT2D eigenvalue weighted by atomic mass is 35.5. The van der Waals surface area contributed by atoms with Crippen LogP contribution < -0.4 is 0 Å². The summed E-state index contributed by atoms with van der Waals surface area (Å²) in [5.74, 6) is 0.600. The molecule has 0 radical (unpaired) electrons. The summed E-state index contributed by atoms with van der Waals surface area (Å²) in [6.07, 6.45) is 2.75. The standard InChI is InChI=1S/C7H13Cl2N/c1-10(2)6-4-7(9)3-5-8/h4H,3,5-6H2,1-2H3/b7-4+. The van der Waals surface area contributed by atoms with Crippen molar-refractivity contribution in [2.45, 2.75) is 6.42 Å². The van der Waals surface area contributed by atoms with E-state index >= 15 is 0 Å². The van der Waals surface area contributed by atoms with Crippen LogP contribution in [0, 0.1) is 0 Å². The second-order valence-electron chi connectivity index (χ2n) is 2.35. The molecule has 0 aromatic rings. The molecule has 0 rings (SSSR count). The molecule has 1 nitrogen and oxygen atoms in total. The highest BCUT2D eigenvalue weighted by Gasteiger charge is 1.90. The van der Waals surface area contributed by atoms with Crippen molar-refractivity contribution in [3.05, 3.63) is 11.1 Å². The Balaban J connectivity index is 3.47. The molecule has 10 heavy (non-hydrogen) atoms. The first kappa shape index (κ1) is 10.3. The lowest BCUT2D eigenvalue weighted by Crippen LogP contribution is -2.10. The van der Waals surface area contributed by atoms with E-state index in [1.54, 1.807) is 0 Å². The second kappa shape index (κ2) is 6.02. The van der Waals surface area contributed by atoms with Gasteiger partial charge in [-0.05, 0) is 20.5 Å². The van der Waals surface area contributed by atoms with E-state index in [9.17, 15) is 0 Å². The molecule has 0 atom stereocenters. The van der Waals surface area contributed by atoms with Crippen molar-refractivity contribution in [1.29, 1.82) is 0 Å². The number of likely N-dealkylation sites (N-methyl/N-ethyl adjacent to an activating group) is 1. The van der Waals surface area contributed by atoms with Gasteiger partial charge in [0.05, 0.1) is 0 Å². The predicted octanol–water partition coefficient (Wildman–Crippen LogP) is 2.30. The monoisotopic (exact) mass is 181 g/mol. The van der Waals surface area contributed by atoms with Crippen molar-refractivity contribution in [3.63, 3.8) is 0 Å². The number of nitrogens with zero attached hydrogens (tertiary/aromatic N) is 1. The highest BCUT2D eigenvalue weighted by Crippen LogP contribution is 2.07. The van der Waals surface area contributed by atoms with E-state index in [2.05, 4.69) is 4.90 Å². The van der Waals surface area contributed by atoms with Crippen molar-refractivity contribution in [2.75, 3.05) is 26.5 Å². The summed E-state index contributed by atoms with van der Waals surface area (Å²) in [5, 5.41) is 0.851. The minimum atomic E-state index is 0.600. The molecule has 0 aliphatic rings. The molecule has 0 spiro atoms. The van der Waals surface area contributed by atoms with Crippen LogP contribution in [0.2, 0.25) is 0 Å². The average Bonchev–Trinajstić information content (AvgIpc) is 1.85. The molecule has 0 aliphatic carbocycles. The van der Waals surface area contributed by atoms with Crippen molar-refractivity contribution >= 4 is 23.2 Å². The number of hydrogen-bond acceptors (Lipinski definition) is 1. The van der Waals surface area contributed by atoms with Gasteiger partial charge in [0.15, 0.2) is 0 Å². The smallest absolute Gasteiger partial charge is 0.0272 e. The van der Waals surface area contributed by atoms with Gasteiger partial charge in [0, 0.05) is 17.5 Å². The minimum absolute atomic E-state index is 0.600. The first-order chi connectivity index (χ1) is 4.66. The van der Waals surface area contributed by atoms with E-state index in [0.29, 0.717) is 5.88 Å². The maximum Gasteiger partial charge on any atom is 0.0272 e. The molecule has 0 aromatic heterocycles. The van der Waals surface area contributed by atoms with Gasteiger partial charge >= 0.3 is 0 Å². The van der Waals surface area contributed by atoms with Crippen LogP contribution in [0.1, 0.15) is 6.42 Å². The fourth-order valence-corrected chi connectivity index (χ4v) is 0.938. The SMILES string of the molecule is CN(C)C/C=C(/Cl)CCCl. The van der Waals surface area contributed by atoms with Gasteiger partial charge in [-0.1, -0.05) is 17.7 Å². The fourth-order valence-electron chi connectivity index (χ4n) is 0.474. The Kier molecular flexibility index (Phi) is 6.19. The Morgan fingerprint density at radius 2 is 2.10 bits per heavy atom. The average molecular weight is 182 g/mol. The zero-order chi connectivity index (χ0) is 7.98. The second-order valence-corrected chi connectivity index (χ2v) is 3.22. The minimum Gasteiger partial charge on any atom is -0.306 e. The maximum atomic E-state index is 5.78. The van der Waals surface area contributed by atoms with Gasteiger partial charge in [-0.3, -0.25) is 0 Å². The van der Waals surface area contributed by atoms with Gasteiger partial charge in [0.25, 0.3) is 0 Å². The van der Waals surface area contributed by atoms with Crippen molar-refractivity contribution < 1.29 is 0 Å². The van der Waals surface area contributed by atoms with Gasteiger partial charge in [0.2, 0.25) is 0 Å². The van der Waals surface area contributed by atoms with Crippen molar-refractivity contribution in [2.24, 2.45) is 0 Å². The number of halogens is 2. The lowest BCUT2D eigenvalue weighted by atomic mass is 10.4. The summed E-state index contributed by atoms with van der Waals surface area (Å²) < 4.78 is 0. The number of allylic oxidation sites excluding steroid dienone is 1. The first-order valence-corrected chi connectivity index (χ1v) is 4.13. The Morgan fingerprint density at radius 3 is 2.50 bits per heavy atom. The van der Waals surface area contributed by atoms with Gasteiger partial charge < -0.3 is 4.90 Å².